The number of hydrogen-bond donors (Lipinski definition) is 1. The van der Waals surface area contributed by atoms with Crippen LogP contribution in [-0.2, 0) is 4.79 Å². The Bertz CT molecular complexity index is 694. The Kier molecular flexibility index (Phi) is 4.40. The largest absolute Gasteiger partial charge is 0.375 e. The molecule has 2 heterocycles. The van der Waals surface area contributed by atoms with Crippen LogP contribution in [0.5, 0.6) is 0 Å². The molecule has 1 aromatic heterocycles. The van der Waals surface area contributed by atoms with Gasteiger partial charge in [-0.15, -0.1) is 0 Å². The molecule has 1 saturated heterocycles. The van der Waals surface area contributed by atoms with Crippen molar-refractivity contribution in [3.05, 3.63) is 17.2 Å². The zero-order valence-corrected chi connectivity index (χ0v) is 14.1. The Balaban J connectivity index is 1.82. The predicted molar refractivity (Wildman–Crippen MR) is 92.7 cm³/mol. The quantitative estimate of drug-likeness (QED) is 0.934. The van der Waals surface area contributed by atoms with Gasteiger partial charge in [0.25, 0.3) is 0 Å². The molecule has 0 saturated carbocycles. The number of halogens is 1. The minimum absolute atomic E-state index is 0.240. The molecular formula is C15H19ClN4OS. The normalized spacial score (nSPS) is 15.5. The number of anilines is 2. The van der Waals surface area contributed by atoms with Crippen LogP contribution in [0.2, 0.25) is 5.02 Å². The van der Waals surface area contributed by atoms with Gasteiger partial charge in [-0.25, -0.2) is 4.98 Å². The minimum Gasteiger partial charge on any atom is -0.375 e. The molecule has 0 bridgehead atoms. The highest BCUT2D eigenvalue weighted by Crippen LogP contribution is 2.37. The second kappa shape index (κ2) is 6.30. The monoisotopic (exact) mass is 338 g/mol. The maximum Gasteiger partial charge on any atom is 0.222 e. The zero-order valence-electron chi connectivity index (χ0n) is 12.5. The van der Waals surface area contributed by atoms with E-state index in [-0.39, 0.29) is 5.91 Å². The van der Waals surface area contributed by atoms with Gasteiger partial charge in [-0.05, 0) is 18.6 Å². The number of rotatable bonds is 3. The molecular weight excluding hydrogens is 320 g/mol. The molecule has 1 aliphatic rings. The molecule has 2 N–H and O–H groups in total. The highest BCUT2D eigenvalue weighted by Gasteiger charge is 2.24. The number of nitrogens with two attached hydrogens (primary N) is 1. The number of piperazine rings is 1. The van der Waals surface area contributed by atoms with Crippen molar-refractivity contribution in [1.29, 1.82) is 0 Å². The lowest BCUT2D eigenvalue weighted by Crippen LogP contribution is -2.48. The molecule has 3 rings (SSSR count). The van der Waals surface area contributed by atoms with Crippen molar-refractivity contribution in [2.24, 2.45) is 0 Å². The SMILES string of the molecule is CCCC(=O)N1CCN(c2c(Cl)ccc3sc(N)nc23)CC1. The van der Waals surface area contributed by atoms with E-state index >= 15 is 0 Å². The standard InChI is InChI=1S/C15H19ClN4OS/c1-2-3-12(21)19-6-8-20(9-7-19)14-10(16)4-5-11-13(14)18-15(17)22-11/h4-5H,2-3,6-9H2,1H3,(H2,17,18). The number of nitrogens with zero attached hydrogens (tertiary/aromatic N) is 3. The van der Waals surface area contributed by atoms with Crippen molar-refractivity contribution in [1.82, 2.24) is 9.88 Å². The van der Waals surface area contributed by atoms with E-state index in [4.69, 9.17) is 17.3 Å². The number of thiazole rings is 1. The number of aromatic nitrogens is 1. The molecule has 1 aromatic carbocycles. The Labute approximate surface area is 138 Å². The van der Waals surface area contributed by atoms with Gasteiger partial charge in [0.15, 0.2) is 5.13 Å². The first kappa shape index (κ1) is 15.4. The van der Waals surface area contributed by atoms with Crippen LogP contribution in [0.1, 0.15) is 19.8 Å². The number of benzene rings is 1. The van der Waals surface area contributed by atoms with Gasteiger partial charge >= 0.3 is 0 Å². The van der Waals surface area contributed by atoms with Gasteiger partial charge in [-0.2, -0.15) is 0 Å². The molecule has 0 atom stereocenters. The summed E-state index contributed by atoms with van der Waals surface area (Å²) >= 11 is 7.86. The van der Waals surface area contributed by atoms with Crippen molar-refractivity contribution >= 4 is 49.9 Å². The van der Waals surface area contributed by atoms with Gasteiger partial charge in [0, 0.05) is 32.6 Å². The van der Waals surface area contributed by atoms with Crippen LogP contribution in [0.25, 0.3) is 10.2 Å². The van der Waals surface area contributed by atoms with Crippen LogP contribution in [0.4, 0.5) is 10.8 Å². The molecule has 1 amide bonds. The van der Waals surface area contributed by atoms with E-state index in [2.05, 4.69) is 9.88 Å². The Morgan fingerprint density at radius 1 is 1.36 bits per heavy atom. The molecule has 0 aliphatic carbocycles. The molecule has 118 valence electrons. The van der Waals surface area contributed by atoms with Crippen molar-refractivity contribution in [2.75, 3.05) is 36.8 Å². The van der Waals surface area contributed by atoms with Crippen LogP contribution in [-0.4, -0.2) is 42.0 Å². The van der Waals surface area contributed by atoms with Gasteiger partial charge in [0.2, 0.25) is 5.91 Å². The molecule has 5 nitrogen and oxygen atoms in total. The molecule has 1 aliphatic heterocycles. The summed E-state index contributed by atoms with van der Waals surface area (Å²) in [6.07, 6.45) is 1.52. The highest BCUT2D eigenvalue weighted by molar-refractivity contribution is 7.22. The summed E-state index contributed by atoms with van der Waals surface area (Å²) in [6.45, 7) is 5.02. The average Bonchev–Trinajstić information content (AvgIpc) is 2.88. The maximum absolute atomic E-state index is 12.0. The summed E-state index contributed by atoms with van der Waals surface area (Å²) in [6, 6.07) is 3.85. The van der Waals surface area contributed by atoms with E-state index in [9.17, 15) is 4.79 Å². The maximum atomic E-state index is 12.0. The number of amides is 1. The molecule has 22 heavy (non-hydrogen) atoms. The fourth-order valence-electron chi connectivity index (χ4n) is 2.82. The van der Waals surface area contributed by atoms with Crippen LogP contribution in [0, 0.1) is 0 Å². The molecule has 0 unspecified atom stereocenters. The van der Waals surface area contributed by atoms with Crippen LogP contribution >= 0.6 is 22.9 Å². The van der Waals surface area contributed by atoms with Crippen molar-refractivity contribution in [2.45, 2.75) is 19.8 Å². The van der Waals surface area contributed by atoms with Crippen LogP contribution in [0.3, 0.4) is 0 Å². The number of fused-ring (bicyclic) bond motifs is 1. The Hall–Kier alpha value is -1.53. The van der Waals surface area contributed by atoms with Crippen molar-refractivity contribution in [3.8, 4) is 0 Å². The van der Waals surface area contributed by atoms with Crippen molar-refractivity contribution in [3.63, 3.8) is 0 Å². The van der Waals surface area contributed by atoms with Gasteiger partial charge in [0.05, 0.1) is 15.4 Å². The first-order valence-electron chi connectivity index (χ1n) is 7.47. The van der Waals surface area contributed by atoms with E-state index in [1.807, 2.05) is 24.0 Å². The number of hydrogen-bond acceptors (Lipinski definition) is 5. The summed E-state index contributed by atoms with van der Waals surface area (Å²) in [4.78, 5) is 20.5. The van der Waals surface area contributed by atoms with E-state index in [1.165, 1.54) is 11.3 Å². The smallest absolute Gasteiger partial charge is 0.222 e. The van der Waals surface area contributed by atoms with Crippen LogP contribution < -0.4 is 10.6 Å². The Morgan fingerprint density at radius 2 is 2.09 bits per heavy atom. The summed E-state index contributed by atoms with van der Waals surface area (Å²) in [5.74, 6) is 0.240. The van der Waals surface area contributed by atoms with E-state index in [1.54, 1.807) is 0 Å². The lowest BCUT2D eigenvalue weighted by Gasteiger charge is -2.36. The first-order valence-corrected chi connectivity index (χ1v) is 8.67. The summed E-state index contributed by atoms with van der Waals surface area (Å²) < 4.78 is 1.04. The number of carbonyl (C=O) groups is 1. The van der Waals surface area contributed by atoms with E-state index in [0.29, 0.717) is 16.6 Å². The lowest BCUT2D eigenvalue weighted by molar-refractivity contribution is -0.131. The lowest BCUT2D eigenvalue weighted by atomic mass is 10.2. The first-order chi connectivity index (χ1) is 10.6. The molecule has 7 heteroatoms. The molecule has 1 fully saturated rings. The van der Waals surface area contributed by atoms with Gasteiger partial charge in [-0.3, -0.25) is 4.79 Å². The van der Waals surface area contributed by atoms with E-state index < -0.39 is 0 Å². The van der Waals surface area contributed by atoms with Crippen LogP contribution in [0.15, 0.2) is 12.1 Å². The highest BCUT2D eigenvalue weighted by atomic mass is 35.5. The second-order valence-electron chi connectivity index (χ2n) is 5.41. The zero-order chi connectivity index (χ0) is 15.7. The fourth-order valence-corrected chi connectivity index (χ4v) is 3.83. The second-order valence-corrected chi connectivity index (χ2v) is 6.88. The summed E-state index contributed by atoms with van der Waals surface area (Å²) in [7, 11) is 0. The Morgan fingerprint density at radius 3 is 2.77 bits per heavy atom. The number of carbonyl (C=O) groups excluding carboxylic acids is 1. The fraction of sp³-hybridized carbons (Fsp3) is 0.467. The molecule has 0 radical (unpaired) electrons. The summed E-state index contributed by atoms with van der Waals surface area (Å²) in [5.41, 5.74) is 7.63. The summed E-state index contributed by atoms with van der Waals surface area (Å²) in [5, 5.41) is 1.24. The third-order valence-corrected chi connectivity index (χ3v) is 5.07. The van der Waals surface area contributed by atoms with Gasteiger partial charge < -0.3 is 15.5 Å². The minimum atomic E-state index is 0.240. The van der Waals surface area contributed by atoms with E-state index in [0.717, 1.165) is 48.5 Å². The van der Waals surface area contributed by atoms with Gasteiger partial charge in [0.1, 0.15) is 5.52 Å². The third-order valence-electron chi connectivity index (χ3n) is 3.91. The predicted octanol–water partition coefficient (Wildman–Crippen LogP) is 2.98. The molecule has 0 spiro atoms. The molecule has 2 aromatic rings. The average molecular weight is 339 g/mol. The number of nitrogen functional groups attached to an aromatic ring is 1. The van der Waals surface area contributed by atoms with Crippen molar-refractivity contribution < 1.29 is 4.79 Å². The van der Waals surface area contributed by atoms with Gasteiger partial charge in [-0.1, -0.05) is 29.9 Å². The topological polar surface area (TPSA) is 62.5 Å². The third kappa shape index (κ3) is 2.85.